The van der Waals surface area contributed by atoms with Gasteiger partial charge in [0.15, 0.2) is 0 Å². The molecule has 20 heavy (non-hydrogen) atoms. The van der Waals surface area contributed by atoms with E-state index in [9.17, 15) is 0 Å². The van der Waals surface area contributed by atoms with E-state index in [1.165, 1.54) is 19.3 Å². The number of hydrogen-bond acceptors (Lipinski definition) is 2. The van der Waals surface area contributed by atoms with Gasteiger partial charge in [0.25, 0.3) is 0 Å². The third-order valence-electron chi connectivity index (χ3n) is 6.75. The van der Waals surface area contributed by atoms with E-state index in [2.05, 4.69) is 27.7 Å². The van der Waals surface area contributed by atoms with Crippen LogP contribution in [0.3, 0.4) is 0 Å². The van der Waals surface area contributed by atoms with Crippen LogP contribution >= 0.6 is 11.6 Å². The molecule has 6 atom stereocenters. The minimum absolute atomic E-state index is 0.113. The zero-order valence-corrected chi connectivity index (χ0v) is 14.1. The number of ether oxygens (including phenoxy) is 2. The SMILES string of the molecule is CCCOC1C(Cl)CC1OC1CC2CCC1(C)C2(C)C. The minimum atomic E-state index is 0.113. The number of hydrogen-bond donors (Lipinski definition) is 0. The van der Waals surface area contributed by atoms with E-state index < -0.39 is 0 Å². The third kappa shape index (κ3) is 2.06. The molecule has 3 aliphatic rings. The highest BCUT2D eigenvalue weighted by Gasteiger charge is 2.63. The Morgan fingerprint density at radius 2 is 1.95 bits per heavy atom. The van der Waals surface area contributed by atoms with Crippen LogP contribution in [0.1, 0.15) is 59.8 Å². The van der Waals surface area contributed by atoms with Gasteiger partial charge in [-0.2, -0.15) is 0 Å². The zero-order chi connectivity index (χ0) is 14.5. The Kier molecular flexibility index (Phi) is 3.88. The minimum Gasteiger partial charge on any atom is -0.374 e. The molecule has 0 aromatic heterocycles. The summed E-state index contributed by atoms with van der Waals surface area (Å²) in [6, 6.07) is 0. The monoisotopic (exact) mass is 300 g/mol. The molecular weight excluding hydrogens is 272 g/mol. The standard InChI is InChI=1S/C17H29ClO2/c1-5-8-19-15-12(18)10-13(15)20-14-9-11-6-7-17(14,4)16(11,2)3/h11-15H,5-10H2,1-4H3. The fraction of sp³-hybridized carbons (Fsp3) is 1.00. The molecule has 3 aliphatic carbocycles. The van der Waals surface area contributed by atoms with Gasteiger partial charge in [0.1, 0.15) is 6.10 Å². The molecule has 0 N–H and O–H groups in total. The summed E-state index contributed by atoms with van der Waals surface area (Å²) in [7, 11) is 0. The summed E-state index contributed by atoms with van der Waals surface area (Å²) in [6.07, 6.45) is 6.65. The quantitative estimate of drug-likeness (QED) is 0.701. The Morgan fingerprint density at radius 3 is 2.45 bits per heavy atom. The van der Waals surface area contributed by atoms with Gasteiger partial charge in [-0.15, -0.1) is 11.6 Å². The molecule has 0 aromatic carbocycles. The number of rotatable bonds is 5. The van der Waals surface area contributed by atoms with Crippen molar-refractivity contribution in [1.82, 2.24) is 0 Å². The molecule has 0 spiro atoms. The molecule has 3 fully saturated rings. The van der Waals surface area contributed by atoms with Crippen LogP contribution < -0.4 is 0 Å². The maximum Gasteiger partial charge on any atom is 0.100 e. The van der Waals surface area contributed by atoms with Crippen LogP contribution in [0.5, 0.6) is 0 Å². The largest absolute Gasteiger partial charge is 0.374 e. The number of alkyl halides is 1. The second-order valence-corrected chi connectivity index (χ2v) is 8.42. The van der Waals surface area contributed by atoms with Crippen molar-refractivity contribution >= 4 is 11.6 Å². The van der Waals surface area contributed by atoms with Crippen molar-refractivity contribution in [2.75, 3.05) is 6.61 Å². The smallest absolute Gasteiger partial charge is 0.100 e. The second-order valence-electron chi connectivity index (χ2n) is 7.86. The molecule has 0 amide bonds. The summed E-state index contributed by atoms with van der Waals surface area (Å²) in [5.41, 5.74) is 0.756. The predicted molar refractivity (Wildman–Crippen MR) is 82.2 cm³/mol. The summed E-state index contributed by atoms with van der Waals surface area (Å²) in [5.74, 6) is 0.833. The van der Waals surface area contributed by atoms with Gasteiger partial charge in [0, 0.05) is 6.61 Å². The van der Waals surface area contributed by atoms with E-state index >= 15 is 0 Å². The zero-order valence-electron chi connectivity index (χ0n) is 13.3. The maximum atomic E-state index is 6.49. The molecule has 2 bridgehead atoms. The average Bonchev–Trinajstić information content (AvgIpc) is 2.71. The lowest BCUT2D eigenvalue weighted by molar-refractivity contribution is -0.174. The molecule has 3 rings (SSSR count). The normalized spacial score (nSPS) is 49.4. The average molecular weight is 301 g/mol. The van der Waals surface area contributed by atoms with Crippen molar-refractivity contribution < 1.29 is 9.47 Å². The van der Waals surface area contributed by atoms with E-state index in [1.807, 2.05) is 0 Å². The second kappa shape index (κ2) is 5.14. The Bertz CT molecular complexity index is 370. The lowest BCUT2D eigenvalue weighted by Crippen LogP contribution is -2.54. The molecular formula is C17H29ClO2. The van der Waals surface area contributed by atoms with E-state index in [0.717, 1.165) is 25.4 Å². The van der Waals surface area contributed by atoms with Crippen molar-refractivity contribution in [3.63, 3.8) is 0 Å². The van der Waals surface area contributed by atoms with Crippen molar-refractivity contribution in [3.05, 3.63) is 0 Å². The summed E-state index contributed by atoms with van der Waals surface area (Å²) in [4.78, 5) is 0. The number of halogens is 1. The summed E-state index contributed by atoms with van der Waals surface area (Å²) in [6.45, 7) is 10.2. The third-order valence-corrected chi connectivity index (χ3v) is 7.17. The van der Waals surface area contributed by atoms with E-state index in [0.29, 0.717) is 16.9 Å². The first-order chi connectivity index (χ1) is 9.40. The summed E-state index contributed by atoms with van der Waals surface area (Å²) < 4.78 is 12.4. The Labute approximate surface area is 128 Å². The van der Waals surface area contributed by atoms with Crippen LogP contribution in [-0.2, 0) is 9.47 Å². The molecule has 3 saturated carbocycles. The molecule has 6 unspecified atom stereocenters. The highest BCUT2D eigenvalue weighted by molar-refractivity contribution is 6.21. The topological polar surface area (TPSA) is 18.5 Å². The van der Waals surface area contributed by atoms with Gasteiger partial charge in [-0.25, -0.2) is 0 Å². The van der Waals surface area contributed by atoms with E-state index in [1.54, 1.807) is 0 Å². The molecule has 116 valence electrons. The highest BCUT2D eigenvalue weighted by atomic mass is 35.5. The van der Waals surface area contributed by atoms with Crippen molar-refractivity contribution in [2.45, 2.75) is 83.5 Å². The van der Waals surface area contributed by atoms with Crippen LogP contribution in [0, 0.1) is 16.7 Å². The van der Waals surface area contributed by atoms with Crippen LogP contribution in [0.15, 0.2) is 0 Å². The van der Waals surface area contributed by atoms with Gasteiger partial charge < -0.3 is 9.47 Å². The van der Waals surface area contributed by atoms with Gasteiger partial charge in [-0.3, -0.25) is 0 Å². The molecule has 0 saturated heterocycles. The van der Waals surface area contributed by atoms with Crippen molar-refractivity contribution in [3.8, 4) is 0 Å². The van der Waals surface area contributed by atoms with Gasteiger partial charge in [-0.1, -0.05) is 27.7 Å². The van der Waals surface area contributed by atoms with Gasteiger partial charge >= 0.3 is 0 Å². The molecule has 3 heteroatoms. The highest BCUT2D eigenvalue weighted by Crippen LogP contribution is 2.66. The van der Waals surface area contributed by atoms with E-state index in [4.69, 9.17) is 21.1 Å². The van der Waals surface area contributed by atoms with Crippen molar-refractivity contribution in [1.29, 1.82) is 0 Å². The molecule has 0 heterocycles. The lowest BCUT2D eigenvalue weighted by Gasteiger charge is -2.46. The molecule has 0 aliphatic heterocycles. The van der Waals surface area contributed by atoms with Crippen LogP contribution in [-0.4, -0.2) is 30.3 Å². The van der Waals surface area contributed by atoms with Gasteiger partial charge in [-0.05, 0) is 48.9 Å². The molecule has 0 aromatic rings. The Hall–Kier alpha value is 0.210. The Balaban J connectivity index is 1.62. The fourth-order valence-electron chi connectivity index (χ4n) is 4.67. The lowest BCUT2D eigenvalue weighted by atomic mass is 9.70. The predicted octanol–water partition coefficient (Wildman–Crippen LogP) is 4.39. The first-order valence-corrected chi connectivity index (χ1v) is 8.75. The first kappa shape index (κ1) is 15.1. The van der Waals surface area contributed by atoms with E-state index in [-0.39, 0.29) is 17.6 Å². The molecule has 0 radical (unpaired) electrons. The maximum absolute atomic E-state index is 6.49. The summed E-state index contributed by atoms with van der Waals surface area (Å²) in [5, 5.41) is 0.144. The van der Waals surface area contributed by atoms with Crippen LogP contribution in [0.2, 0.25) is 0 Å². The fourth-order valence-corrected chi connectivity index (χ4v) is 5.08. The van der Waals surface area contributed by atoms with Gasteiger partial charge in [0.05, 0.1) is 17.6 Å². The first-order valence-electron chi connectivity index (χ1n) is 8.31. The van der Waals surface area contributed by atoms with Crippen LogP contribution in [0.25, 0.3) is 0 Å². The van der Waals surface area contributed by atoms with Crippen LogP contribution in [0.4, 0.5) is 0 Å². The van der Waals surface area contributed by atoms with Crippen molar-refractivity contribution in [2.24, 2.45) is 16.7 Å². The van der Waals surface area contributed by atoms with Gasteiger partial charge in [0.2, 0.25) is 0 Å². The summed E-state index contributed by atoms with van der Waals surface area (Å²) >= 11 is 6.30. The molecule has 2 nitrogen and oxygen atoms in total. The number of fused-ring (bicyclic) bond motifs is 2. The Morgan fingerprint density at radius 1 is 1.20 bits per heavy atom.